The van der Waals surface area contributed by atoms with Crippen molar-refractivity contribution in [3.05, 3.63) is 29.8 Å². The van der Waals surface area contributed by atoms with Gasteiger partial charge in [-0.25, -0.2) is 0 Å². The van der Waals surface area contributed by atoms with Crippen LogP contribution in [-0.4, -0.2) is 5.91 Å². The quantitative estimate of drug-likeness (QED) is 0.833. The highest BCUT2D eigenvalue weighted by Crippen LogP contribution is 2.22. The molecule has 2 nitrogen and oxygen atoms in total. The minimum absolute atomic E-state index is 0.0709. The molecule has 0 saturated carbocycles. The summed E-state index contributed by atoms with van der Waals surface area (Å²) in [6.45, 7) is 5.93. The molecule has 0 aliphatic heterocycles. The van der Waals surface area contributed by atoms with Crippen LogP contribution in [0.5, 0.6) is 0 Å². The maximum atomic E-state index is 11.9. The van der Waals surface area contributed by atoms with Crippen LogP contribution in [0.25, 0.3) is 0 Å². The SMILES string of the molecule is CCC(C)(C)C(=O)Nc1ccc(CBr)cc1. The minimum Gasteiger partial charge on any atom is -0.326 e. The maximum Gasteiger partial charge on any atom is 0.230 e. The van der Waals surface area contributed by atoms with Crippen molar-refractivity contribution in [3.63, 3.8) is 0 Å². The second-order valence-electron chi connectivity index (χ2n) is 4.52. The van der Waals surface area contributed by atoms with Gasteiger partial charge in [-0.15, -0.1) is 0 Å². The van der Waals surface area contributed by atoms with E-state index in [1.54, 1.807) is 0 Å². The Balaban J connectivity index is 2.70. The minimum atomic E-state index is -0.311. The third-order valence-electron chi connectivity index (χ3n) is 2.86. The van der Waals surface area contributed by atoms with Crippen LogP contribution in [0.1, 0.15) is 32.8 Å². The Labute approximate surface area is 106 Å². The number of anilines is 1. The third-order valence-corrected chi connectivity index (χ3v) is 3.51. The molecule has 88 valence electrons. The van der Waals surface area contributed by atoms with Gasteiger partial charge in [0.15, 0.2) is 0 Å². The van der Waals surface area contributed by atoms with E-state index in [4.69, 9.17) is 0 Å². The smallest absolute Gasteiger partial charge is 0.230 e. The predicted octanol–water partition coefficient (Wildman–Crippen LogP) is 3.96. The lowest BCUT2D eigenvalue weighted by Gasteiger charge is -2.21. The first-order chi connectivity index (χ1) is 7.49. The Hall–Kier alpha value is -0.830. The number of hydrogen-bond acceptors (Lipinski definition) is 1. The molecule has 1 N–H and O–H groups in total. The van der Waals surface area contributed by atoms with Gasteiger partial charge in [-0.2, -0.15) is 0 Å². The van der Waals surface area contributed by atoms with Crippen LogP contribution in [0.2, 0.25) is 0 Å². The topological polar surface area (TPSA) is 29.1 Å². The van der Waals surface area contributed by atoms with Gasteiger partial charge in [0.1, 0.15) is 0 Å². The second kappa shape index (κ2) is 5.48. The van der Waals surface area contributed by atoms with Crippen molar-refractivity contribution < 1.29 is 4.79 Å². The van der Waals surface area contributed by atoms with E-state index < -0.39 is 0 Å². The van der Waals surface area contributed by atoms with Gasteiger partial charge >= 0.3 is 0 Å². The van der Waals surface area contributed by atoms with Crippen molar-refractivity contribution in [2.45, 2.75) is 32.5 Å². The summed E-state index contributed by atoms with van der Waals surface area (Å²) in [7, 11) is 0. The Morgan fingerprint density at radius 1 is 1.31 bits per heavy atom. The Morgan fingerprint density at radius 2 is 1.88 bits per heavy atom. The van der Waals surface area contributed by atoms with E-state index in [1.807, 2.05) is 45.0 Å². The summed E-state index contributed by atoms with van der Waals surface area (Å²) in [5.41, 5.74) is 1.75. The van der Waals surface area contributed by atoms with E-state index in [9.17, 15) is 4.79 Å². The van der Waals surface area contributed by atoms with Crippen LogP contribution in [-0.2, 0) is 10.1 Å². The average Bonchev–Trinajstić information content (AvgIpc) is 2.30. The molecule has 1 rings (SSSR count). The van der Waals surface area contributed by atoms with E-state index in [-0.39, 0.29) is 11.3 Å². The number of alkyl halides is 1. The molecule has 1 aromatic rings. The molecular weight excluding hydrogens is 266 g/mol. The second-order valence-corrected chi connectivity index (χ2v) is 5.08. The molecule has 3 heteroatoms. The van der Waals surface area contributed by atoms with Crippen molar-refractivity contribution >= 4 is 27.5 Å². The predicted molar refractivity (Wildman–Crippen MR) is 71.8 cm³/mol. The highest BCUT2D eigenvalue weighted by Gasteiger charge is 2.24. The van der Waals surface area contributed by atoms with E-state index in [0.717, 1.165) is 17.4 Å². The number of amides is 1. The summed E-state index contributed by atoms with van der Waals surface area (Å²) in [5, 5.41) is 3.77. The third kappa shape index (κ3) is 3.34. The van der Waals surface area contributed by atoms with Gasteiger partial charge in [-0.05, 0) is 24.1 Å². The molecule has 0 spiro atoms. The maximum absolute atomic E-state index is 11.9. The molecule has 0 aromatic heterocycles. The van der Waals surface area contributed by atoms with Crippen LogP contribution in [0.3, 0.4) is 0 Å². The summed E-state index contributed by atoms with van der Waals surface area (Å²) in [6, 6.07) is 7.87. The van der Waals surface area contributed by atoms with Crippen LogP contribution in [0.15, 0.2) is 24.3 Å². The molecule has 0 bridgehead atoms. The lowest BCUT2D eigenvalue weighted by molar-refractivity contribution is -0.124. The van der Waals surface area contributed by atoms with Gasteiger partial charge in [0.05, 0.1) is 0 Å². The molecule has 0 saturated heterocycles. The summed E-state index contributed by atoms with van der Waals surface area (Å²) >= 11 is 3.39. The summed E-state index contributed by atoms with van der Waals surface area (Å²) < 4.78 is 0. The molecule has 0 fully saturated rings. The fourth-order valence-electron chi connectivity index (χ4n) is 1.14. The van der Waals surface area contributed by atoms with Crippen molar-refractivity contribution in [1.82, 2.24) is 0 Å². The van der Waals surface area contributed by atoms with Crippen molar-refractivity contribution in [3.8, 4) is 0 Å². The number of nitrogens with one attached hydrogen (secondary N) is 1. The lowest BCUT2D eigenvalue weighted by atomic mass is 9.89. The Morgan fingerprint density at radius 3 is 2.31 bits per heavy atom. The first-order valence-corrected chi connectivity index (χ1v) is 6.58. The largest absolute Gasteiger partial charge is 0.326 e. The van der Waals surface area contributed by atoms with Crippen molar-refractivity contribution in [2.75, 3.05) is 5.32 Å². The average molecular weight is 284 g/mol. The number of rotatable bonds is 4. The molecule has 0 atom stereocenters. The molecule has 0 radical (unpaired) electrons. The highest BCUT2D eigenvalue weighted by atomic mass is 79.9. The zero-order chi connectivity index (χ0) is 12.2. The van der Waals surface area contributed by atoms with Gasteiger partial charge in [0.2, 0.25) is 5.91 Å². The zero-order valence-corrected chi connectivity index (χ0v) is 11.6. The zero-order valence-electron chi connectivity index (χ0n) is 10.0. The molecule has 16 heavy (non-hydrogen) atoms. The first kappa shape index (κ1) is 13.2. The normalized spacial score (nSPS) is 11.2. The van der Waals surface area contributed by atoms with Gasteiger partial charge in [-0.1, -0.05) is 48.8 Å². The summed E-state index contributed by atoms with van der Waals surface area (Å²) in [6.07, 6.45) is 0.832. The molecule has 0 unspecified atom stereocenters. The van der Waals surface area contributed by atoms with Crippen LogP contribution in [0, 0.1) is 5.41 Å². The molecule has 1 amide bonds. The molecule has 1 aromatic carbocycles. The Bertz CT molecular complexity index is 357. The monoisotopic (exact) mass is 283 g/mol. The lowest BCUT2D eigenvalue weighted by Crippen LogP contribution is -2.29. The number of carbonyl (C=O) groups excluding carboxylic acids is 1. The fraction of sp³-hybridized carbons (Fsp3) is 0.462. The molecular formula is C13H18BrNO. The standard InChI is InChI=1S/C13H18BrNO/c1-4-13(2,3)12(16)15-11-7-5-10(9-14)6-8-11/h5-8H,4,9H2,1-3H3,(H,15,16). The number of carbonyl (C=O) groups is 1. The number of hydrogen-bond donors (Lipinski definition) is 1. The van der Waals surface area contributed by atoms with E-state index >= 15 is 0 Å². The van der Waals surface area contributed by atoms with Crippen LogP contribution >= 0.6 is 15.9 Å². The Kier molecular flexibility index (Phi) is 4.54. The molecule has 0 aliphatic carbocycles. The summed E-state index contributed by atoms with van der Waals surface area (Å²) in [4.78, 5) is 11.9. The molecule has 0 aliphatic rings. The van der Waals surface area contributed by atoms with Gasteiger partial charge in [-0.3, -0.25) is 4.79 Å². The summed E-state index contributed by atoms with van der Waals surface area (Å²) in [5.74, 6) is 0.0709. The van der Waals surface area contributed by atoms with E-state index in [1.165, 1.54) is 5.56 Å². The van der Waals surface area contributed by atoms with Crippen molar-refractivity contribution in [2.24, 2.45) is 5.41 Å². The van der Waals surface area contributed by atoms with Gasteiger partial charge in [0, 0.05) is 16.4 Å². The van der Waals surface area contributed by atoms with Crippen molar-refractivity contribution in [1.29, 1.82) is 0 Å². The highest BCUT2D eigenvalue weighted by molar-refractivity contribution is 9.08. The van der Waals surface area contributed by atoms with E-state index in [2.05, 4.69) is 21.2 Å². The van der Waals surface area contributed by atoms with Gasteiger partial charge < -0.3 is 5.32 Å². The first-order valence-electron chi connectivity index (χ1n) is 5.46. The van der Waals surface area contributed by atoms with Crippen LogP contribution < -0.4 is 5.32 Å². The number of benzene rings is 1. The fourth-order valence-corrected chi connectivity index (χ4v) is 1.51. The van der Waals surface area contributed by atoms with E-state index in [0.29, 0.717) is 0 Å². The number of halogens is 1. The van der Waals surface area contributed by atoms with Crippen LogP contribution in [0.4, 0.5) is 5.69 Å². The molecule has 0 heterocycles. The van der Waals surface area contributed by atoms with Gasteiger partial charge in [0.25, 0.3) is 0 Å².